The molecule has 1 atom stereocenters. The number of nitro groups is 1. The van der Waals surface area contributed by atoms with Gasteiger partial charge >= 0.3 is 5.91 Å². The number of carbonyl (C=O) groups excluding carboxylic acids is 2. The van der Waals surface area contributed by atoms with Crippen molar-refractivity contribution in [2.24, 2.45) is 0 Å². The van der Waals surface area contributed by atoms with Gasteiger partial charge in [-0.05, 0) is 49.2 Å². The van der Waals surface area contributed by atoms with Crippen molar-refractivity contribution in [2.75, 3.05) is 4.90 Å². The van der Waals surface area contributed by atoms with Crippen molar-refractivity contribution in [3.8, 4) is 5.75 Å². The minimum absolute atomic E-state index is 0.144. The van der Waals surface area contributed by atoms with Gasteiger partial charge in [0.15, 0.2) is 0 Å². The average molecular weight is 543 g/mol. The number of nitro benzene ring substituents is 1. The van der Waals surface area contributed by atoms with Crippen molar-refractivity contribution in [3.05, 3.63) is 116 Å². The molecule has 1 amide bonds. The molecule has 196 valence electrons. The summed E-state index contributed by atoms with van der Waals surface area (Å²) in [6, 6.07) is 18.8. The van der Waals surface area contributed by atoms with Crippen LogP contribution in [0.4, 0.5) is 10.8 Å². The van der Waals surface area contributed by atoms with E-state index < -0.39 is 28.4 Å². The van der Waals surface area contributed by atoms with Gasteiger partial charge in [-0.2, -0.15) is 0 Å². The first-order valence-corrected chi connectivity index (χ1v) is 12.7. The number of hydrogen-bond acceptors (Lipinski definition) is 9. The third kappa shape index (κ3) is 5.12. The molecule has 3 aromatic carbocycles. The molecule has 1 aromatic heterocycles. The third-order valence-corrected chi connectivity index (χ3v) is 7.02. The number of ketones is 1. The summed E-state index contributed by atoms with van der Waals surface area (Å²) in [5, 5.41) is 31.4. The number of ether oxygens (including phenoxy) is 1. The summed E-state index contributed by atoms with van der Waals surface area (Å²) < 4.78 is 5.84. The maximum atomic E-state index is 13.3. The van der Waals surface area contributed by atoms with Crippen LogP contribution in [0.1, 0.15) is 33.3 Å². The maximum absolute atomic E-state index is 13.3. The number of Topliss-reactive ketones (excluding diaryl/α,β-unsaturated/α-hetero) is 1. The van der Waals surface area contributed by atoms with Crippen LogP contribution in [-0.2, 0) is 16.2 Å². The second-order valence-corrected chi connectivity index (χ2v) is 10.1. The first kappa shape index (κ1) is 25.7. The lowest BCUT2D eigenvalue weighted by molar-refractivity contribution is -0.384. The topological polar surface area (TPSA) is 136 Å². The number of anilines is 1. The Balaban J connectivity index is 1.53. The van der Waals surface area contributed by atoms with Gasteiger partial charge in [0.2, 0.25) is 5.13 Å². The van der Waals surface area contributed by atoms with Crippen LogP contribution in [-0.4, -0.2) is 31.9 Å². The summed E-state index contributed by atoms with van der Waals surface area (Å²) in [5.74, 6) is -1.72. The van der Waals surface area contributed by atoms with E-state index >= 15 is 0 Å². The Morgan fingerprint density at radius 1 is 1.05 bits per heavy atom. The molecule has 39 heavy (non-hydrogen) atoms. The van der Waals surface area contributed by atoms with E-state index in [9.17, 15) is 24.8 Å². The number of benzene rings is 3. The standard InChI is InChI=1S/C28H22N4O6S/c1-16-5-3-6-18(13-16)15-38-22-11-9-19(10-12-22)25(33)23-24(20-7-4-8-21(14-20)32(36)37)31(27(35)26(23)34)28-30-29-17(2)39-28/h3-14,24,33H,15H2,1-2H3/t24-/m0/s1. The molecule has 5 rings (SSSR count). The van der Waals surface area contributed by atoms with Crippen LogP contribution >= 0.6 is 11.3 Å². The zero-order valence-electron chi connectivity index (χ0n) is 20.9. The van der Waals surface area contributed by atoms with Gasteiger partial charge in [-0.3, -0.25) is 24.6 Å². The fourth-order valence-corrected chi connectivity index (χ4v) is 5.08. The minimum Gasteiger partial charge on any atom is -0.507 e. The molecule has 0 radical (unpaired) electrons. The molecule has 0 unspecified atom stereocenters. The first-order valence-electron chi connectivity index (χ1n) is 11.9. The molecule has 0 bridgehead atoms. The van der Waals surface area contributed by atoms with Crippen molar-refractivity contribution in [1.29, 1.82) is 0 Å². The van der Waals surface area contributed by atoms with Crippen LogP contribution in [0.25, 0.3) is 5.76 Å². The van der Waals surface area contributed by atoms with Crippen LogP contribution in [0.5, 0.6) is 5.75 Å². The molecule has 10 nitrogen and oxygen atoms in total. The van der Waals surface area contributed by atoms with Crippen LogP contribution in [0.2, 0.25) is 0 Å². The largest absolute Gasteiger partial charge is 0.507 e. The Morgan fingerprint density at radius 2 is 1.79 bits per heavy atom. The van der Waals surface area contributed by atoms with Gasteiger partial charge in [-0.25, -0.2) is 0 Å². The van der Waals surface area contributed by atoms with Gasteiger partial charge in [0.05, 0.1) is 16.5 Å². The Bertz CT molecular complexity index is 1630. The molecule has 0 saturated carbocycles. The normalized spacial score (nSPS) is 16.5. The van der Waals surface area contributed by atoms with E-state index in [2.05, 4.69) is 10.2 Å². The SMILES string of the molecule is Cc1cccc(COc2ccc(C(O)=C3C(=O)C(=O)N(c4nnc(C)s4)[C@H]3c3cccc([N+](=O)[O-])c3)cc2)c1. The molecule has 0 aliphatic carbocycles. The van der Waals surface area contributed by atoms with Crippen molar-refractivity contribution in [2.45, 2.75) is 26.5 Å². The fourth-order valence-electron chi connectivity index (χ4n) is 4.37. The second kappa shape index (κ2) is 10.5. The highest BCUT2D eigenvalue weighted by atomic mass is 32.1. The highest BCUT2D eigenvalue weighted by molar-refractivity contribution is 7.15. The van der Waals surface area contributed by atoms with Crippen LogP contribution in [0.15, 0.2) is 78.4 Å². The summed E-state index contributed by atoms with van der Waals surface area (Å²) in [6.45, 7) is 4.05. The monoisotopic (exact) mass is 542 g/mol. The Hall–Kier alpha value is -4.90. The lowest BCUT2D eigenvalue weighted by Crippen LogP contribution is -2.29. The van der Waals surface area contributed by atoms with Gasteiger partial charge in [0, 0.05) is 17.7 Å². The van der Waals surface area contributed by atoms with Crippen molar-refractivity contribution in [3.63, 3.8) is 0 Å². The molecule has 1 aliphatic rings. The van der Waals surface area contributed by atoms with E-state index in [4.69, 9.17) is 4.74 Å². The fraction of sp³-hybridized carbons (Fsp3) is 0.143. The minimum atomic E-state index is -1.14. The maximum Gasteiger partial charge on any atom is 0.301 e. The third-order valence-electron chi connectivity index (χ3n) is 6.18. The summed E-state index contributed by atoms with van der Waals surface area (Å²) in [6.07, 6.45) is 0. The highest BCUT2D eigenvalue weighted by Gasteiger charge is 2.48. The molecule has 1 N–H and O–H groups in total. The quantitative estimate of drug-likeness (QED) is 0.110. The highest BCUT2D eigenvalue weighted by Crippen LogP contribution is 2.43. The molecule has 1 saturated heterocycles. The van der Waals surface area contributed by atoms with Gasteiger partial charge in [0.1, 0.15) is 23.1 Å². The summed E-state index contributed by atoms with van der Waals surface area (Å²) in [4.78, 5) is 38.4. The molecule has 0 spiro atoms. The Labute approximate surface area is 227 Å². The van der Waals surface area contributed by atoms with E-state index in [1.807, 2.05) is 31.2 Å². The predicted octanol–water partition coefficient (Wildman–Crippen LogP) is 5.27. The van der Waals surface area contributed by atoms with Gasteiger partial charge in [0.25, 0.3) is 11.5 Å². The van der Waals surface area contributed by atoms with Crippen LogP contribution < -0.4 is 9.64 Å². The number of rotatable bonds is 7. The molecular formula is C28H22N4O6S. The summed E-state index contributed by atoms with van der Waals surface area (Å²) in [7, 11) is 0. The number of carbonyl (C=O) groups is 2. The van der Waals surface area contributed by atoms with E-state index in [1.165, 1.54) is 18.2 Å². The number of aliphatic hydroxyl groups is 1. The van der Waals surface area contributed by atoms with Crippen LogP contribution in [0.3, 0.4) is 0 Å². The zero-order valence-corrected chi connectivity index (χ0v) is 21.7. The predicted molar refractivity (Wildman–Crippen MR) is 144 cm³/mol. The molecule has 2 heterocycles. The average Bonchev–Trinajstić information content (AvgIpc) is 3.47. The van der Waals surface area contributed by atoms with E-state index in [0.717, 1.165) is 27.4 Å². The molecule has 1 aliphatic heterocycles. The summed E-state index contributed by atoms with van der Waals surface area (Å²) in [5.41, 5.74) is 2.25. The van der Waals surface area contributed by atoms with Crippen molar-refractivity contribution >= 4 is 39.6 Å². The van der Waals surface area contributed by atoms with E-state index in [0.29, 0.717) is 17.4 Å². The van der Waals surface area contributed by atoms with Crippen molar-refractivity contribution in [1.82, 2.24) is 10.2 Å². The number of nitrogens with zero attached hydrogens (tertiary/aromatic N) is 4. The smallest absolute Gasteiger partial charge is 0.301 e. The Morgan fingerprint density at radius 3 is 2.46 bits per heavy atom. The van der Waals surface area contributed by atoms with E-state index in [-0.39, 0.29) is 27.5 Å². The number of aryl methyl sites for hydroxylation is 2. The number of hydrogen-bond donors (Lipinski definition) is 1. The Kier molecular flexibility index (Phi) is 6.90. The zero-order chi connectivity index (χ0) is 27.7. The molecule has 4 aromatic rings. The second-order valence-electron chi connectivity index (χ2n) is 8.93. The van der Waals surface area contributed by atoms with Crippen molar-refractivity contribution < 1.29 is 24.4 Å². The molecular weight excluding hydrogens is 520 g/mol. The summed E-state index contributed by atoms with van der Waals surface area (Å²) >= 11 is 1.09. The lowest BCUT2D eigenvalue weighted by atomic mass is 9.95. The van der Waals surface area contributed by atoms with E-state index in [1.54, 1.807) is 37.3 Å². The number of non-ortho nitro benzene ring substituents is 1. The number of amides is 1. The molecule has 1 fully saturated rings. The number of aromatic nitrogens is 2. The number of aliphatic hydroxyl groups excluding tert-OH is 1. The molecule has 11 heteroatoms. The van der Waals surface area contributed by atoms with Crippen LogP contribution in [0, 0.1) is 24.0 Å². The lowest BCUT2D eigenvalue weighted by Gasteiger charge is -2.22. The first-order chi connectivity index (χ1) is 18.7. The van der Waals surface area contributed by atoms with Gasteiger partial charge in [-0.15, -0.1) is 10.2 Å². The van der Waals surface area contributed by atoms with Gasteiger partial charge < -0.3 is 9.84 Å². The van der Waals surface area contributed by atoms with Gasteiger partial charge in [-0.1, -0.05) is 53.3 Å².